The summed E-state index contributed by atoms with van der Waals surface area (Å²) in [7, 11) is 0. The van der Waals surface area contributed by atoms with E-state index in [4.69, 9.17) is 0 Å². The van der Waals surface area contributed by atoms with Crippen LogP contribution in [0.3, 0.4) is 0 Å². The second-order valence-corrected chi connectivity index (χ2v) is 4.09. The van der Waals surface area contributed by atoms with Gasteiger partial charge in [0.25, 0.3) is 0 Å². The summed E-state index contributed by atoms with van der Waals surface area (Å²) in [6.45, 7) is 3.69. The van der Waals surface area contributed by atoms with Gasteiger partial charge in [0.1, 0.15) is 0 Å². The molecule has 1 aromatic rings. The van der Waals surface area contributed by atoms with Gasteiger partial charge in [0, 0.05) is 4.88 Å². The molecule has 1 atom stereocenters. The smallest absolute Gasteiger partial charge is 0.0523 e. The van der Waals surface area contributed by atoms with Gasteiger partial charge in [-0.25, -0.2) is 0 Å². The van der Waals surface area contributed by atoms with Gasteiger partial charge in [0.2, 0.25) is 0 Å². The van der Waals surface area contributed by atoms with E-state index < -0.39 is 0 Å². The summed E-state index contributed by atoms with van der Waals surface area (Å²) in [6.07, 6.45) is 2.93. The lowest BCUT2D eigenvalue weighted by molar-refractivity contribution is 1.02. The Labute approximate surface area is 73.7 Å². The first-order valence-electron chi connectivity index (χ1n) is 3.13. The fraction of sp³-hybridized carbons (Fsp3) is 0.250. The normalized spacial score (nSPS) is 12.9. The average molecular weight is 217 g/mol. The second-order valence-electron chi connectivity index (χ2n) is 2.01. The Morgan fingerprint density at radius 3 is 3.10 bits per heavy atom. The molecule has 0 amide bonds. The van der Waals surface area contributed by atoms with Crippen molar-refractivity contribution in [1.29, 1.82) is 0 Å². The topological polar surface area (TPSA) is 0 Å². The molecule has 1 aromatic heterocycles. The average Bonchev–Trinajstić information content (AvgIpc) is 2.38. The van der Waals surface area contributed by atoms with Gasteiger partial charge in [-0.2, -0.15) is 0 Å². The Kier molecular flexibility index (Phi) is 3.16. The highest BCUT2D eigenvalue weighted by Crippen LogP contribution is 2.29. The lowest BCUT2D eigenvalue weighted by Gasteiger charge is -2.01. The molecule has 1 unspecified atom stereocenters. The lowest BCUT2D eigenvalue weighted by Crippen LogP contribution is -1.80. The maximum Gasteiger partial charge on any atom is 0.0523 e. The van der Waals surface area contributed by atoms with Crippen LogP contribution in [0.4, 0.5) is 0 Å². The highest BCUT2D eigenvalue weighted by Gasteiger charge is 2.04. The number of halogens is 1. The van der Waals surface area contributed by atoms with Gasteiger partial charge < -0.3 is 0 Å². The molecular weight excluding hydrogens is 208 g/mol. The van der Waals surface area contributed by atoms with Gasteiger partial charge in [-0.3, -0.25) is 0 Å². The molecule has 54 valence electrons. The molecule has 0 aliphatic carbocycles. The molecule has 0 aliphatic rings. The van der Waals surface area contributed by atoms with Crippen molar-refractivity contribution in [3.05, 3.63) is 35.0 Å². The first-order chi connectivity index (χ1) is 4.84. The third kappa shape index (κ3) is 1.96. The van der Waals surface area contributed by atoms with E-state index in [0.717, 1.165) is 6.42 Å². The maximum absolute atomic E-state index is 3.69. The van der Waals surface area contributed by atoms with Crippen molar-refractivity contribution in [2.24, 2.45) is 0 Å². The fourth-order valence-electron chi connectivity index (χ4n) is 0.732. The van der Waals surface area contributed by atoms with E-state index in [1.807, 2.05) is 6.08 Å². The van der Waals surface area contributed by atoms with Crippen LogP contribution < -0.4 is 0 Å². The Morgan fingerprint density at radius 2 is 2.60 bits per heavy atom. The third-order valence-electron chi connectivity index (χ3n) is 1.23. The van der Waals surface area contributed by atoms with Crippen LogP contribution in [0, 0.1) is 0 Å². The largest absolute Gasteiger partial charge is 0.148 e. The van der Waals surface area contributed by atoms with Crippen LogP contribution in [-0.2, 0) is 0 Å². The Balaban J connectivity index is 2.58. The van der Waals surface area contributed by atoms with E-state index in [2.05, 4.69) is 40.0 Å². The van der Waals surface area contributed by atoms with E-state index >= 15 is 0 Å². The molecular formula is C8H9BrS. The number of thiophene rings is 1. The molecule has 0 saturated carbocycles. The summed E-state index contributed by atoms with van der Waals surface area (Å²) < 4.78 is 0. The van der Waals surface area contributed by atoms with E-state index in [1.165, 1.54) is 4.88 Å². The molecule has 0 N–H and O–H groups in total. The van der Waals surface area contributed by atoms with Crippen LogP contribution in [0.5, 0.6) is 0 Å². The summed E-state index contributed by atoms with van der Waals surface area (Å²) in [5.41, 5.74) is 0. The Morgan fingerprint density at radius 1 is 1.80 bits per heavy atom. The zero-order valence-electron chi connectivity index (χ0n) is 5.59. The highest BCUT2D eigenvalue weighted by molar-refractivity contribution is 9.09. The molecule has 0 bridgehead atoms. The number of hydrogen-bond donors (Lipinski definition) is 0. The van der Waals surface area contributed by atoms with Gasteiger partial charge in [0.15, 0.2) is 0 Å². The predicted octanol–water partition coefficient (Wildman–Crippen LogP) is 3.76. The van der Waals surface area contributed by atoms with Crippen molar-refractivity contribution in [2.45, 2.75) is 11.2 Å². The predicted molar refractivity (Wildman–Crippen MR) is 50.8 cm³/mol. The van der Waals surface area contributed by atoms with E-state index in [0.29, 0.717) is 4.83 Å². The molecule has 1 rings (SSSR count). The maximum atomic E-state index is 3.69. The van der Waals surface area contributed by atoms with Crippen molar-refractivity contribution in [1.82, 2.24) is 0 Å². The van der Waals surface area contributed by atoms with Gasteiger partial charge in [-0.15, -0.1) is 17.9 Å². The molecule has 0 aromatic carbocycles. The molecule has 2 heteroatoms. The lowest BCUT2D eigenvalue weighted by atomic mass is 10.3. The van der Waals surface area contributed by atoms with Crippen LogP contribution in [0.15, 0.2) is 30.2 Å². The Bertz CT molecular complexity index is 191. The molecule has 0 radical (unpaired) electrons. The zero-order valence-corrected chi connectivity index (χ0v) is 7.99. The van der Waals surface area contributed by atoms with E-state index in [1.54, 1.807) is 11.3 Å². The van der Waals surface area contributed by atoms with Crippen LogP contribution >= 0.6 is 27.3 Å². The number of hydrogen-bond acceptors (Lipinski definition) is 1. The van der Waals surface area contributed by atoms with Gasteiger partial charge in [-0.05, 0) is 17.9 Å². The summed E-state index contributed by atoms with van der Waals surface area (Å²) in [6, 6.07) is 4.20. The SMILES string of the molecule is C=CCC(Br)c1cccs1. The van der Waals surface area contributed by atoms with Gasteiger partial charge >= 0.3 is 0 Å². The summed E-state index contributed by atoms with van der Waals surface area (Å²) in [5.74, 6) is 0. The van der Waals surface area contributed by atoms with Crippen LogP contribution in [0.25, 0.3) is 0 Å². The van der Waals surface area contributed by atoms with Crippen LogP contribution in [0.1, 0.15) is 16.1 Å². The quantitative estimate of drug-likeness (QED) is 0.534. The molecule has 0 spiro atoms. The molecule has 0 nitrogen and oxygen atoms in total. The Hall–Kier alpha value is -0.0800. The van der Waals surface area contributed by atoms with Crippen molar-refractivity contribution in [3.63, 3.8) is 0 Å². The van der Waals surface area contributed by atoms with Crippen molar-refractivity contribution in [2.75, 3.05) is 0 Å². The van der Waals surface area contributed by atoms with Gasteiger partial charge in [0.05, 0.1) is 4.83 Å². The van der Waals surface area contributed by atoms with E-state index in [9.17, 15) is 0 Å². The van der Waals surface area contributed by atoms with E-state index in [-0.39, 0.29) is 0 Å². The first-order valence-corrected chi connectivity index (χ1v) is 4.92. The van der Waals surface area contributed by atoms with Crippen molar-refractivity contribution < 1.29 is 0 Å². The number of alkyl halides is 1. The molecule has 0 fully saturated rings. The number of allylic oxidation sites excluding steroid dienone is 1. The van der Waals surface area contributed by atoms with Crippen molar-refractivity contribution >= 4 is 27.3 Å². The minimum atomic E-state index is 0.463. The van der Waals surface area contributed by atoms with Crippen LogP contribution in [0.2, 0.25) is 0 Å². The summed E-state index contributed by atoms with van der Waals surface area (Å²) >= 11 is 5.34. The number of rotatable bonds is 3. The first kappa shape index (κ1) is 8.02. The van der Waals surface area contributed by atoms with Gasteiger partial charge in [-0.1, -0.05) is 28.1 Å². The highest BCUT2D eigenvalue weighted by atomic mass is 79.9. The second kappa shape index (κ2) is 3.94. The standard InChI is InChI=1S/C8H9BrS/c1-2-4-7(9)8-5-3-6-10-8/h2-3,5-7H,1,4H2. The molecule has 10 heavy (non-hydrogen) atoms. The summed E-state index contributed by atoms with van der Waals surface area (Å²) in [5, 5.41) is 2.09. The third-order valence-corrected chi connectivity index (χ3v) is 3.38. The molecule has 0 saturated heterocycles. The minimum absolute atomic E-state index is 0.463. The fourth-order valence-corrected chi connectivity index (χ4v) is 2.19. The monoisotopic (exact) mass is 216 g/mol. The van der Waals surface area contributed by atoms with Crippen molar-refractivity contribution in [3.8, 4) is 0 Å². The van der Waals surface area contributed by atoms with Crippen LogP contribution in [-0.4, -0.2) is 0 Å². The summed E-state index contributed by atoms with van der Waals surface area (Å²) in [4.78, 5) is 1.84. The zero-order chi connectivity index (χ0) is 7.40. The minimum Gasteiger partial charge on any atom is -0.148 e. The molecule has 0 aliphatic heterocycles. The molecule has 1 heterocycles.